The van der Waals surface area contributed by atoms with Crippen LogP contribution in [0.25, 0.3) is 0 Å². The van der Waals surface area contributed by atoms with Crippen LogP contribution in [0.1, 0.15) is 5.56 Å². The van der Waals surface area contributed by atoms with Gasteiger partial charge in [-0.25, -0.2) is 4.89 Å². The van der Waals surface area contributed by atoms with Crippen LogP contribution in [0, 0.1) is 10.1 Å². The molecule has 0 bridgehead atoms. The predicted octanol–water partition coefficient (Wildman–Crippen LogP) is 2.24. The lowest BCUT2D eigenvalue weighted by Gasteiger charge is -2.00. The van der Waals surface area contributed by atoms with Crippen molar-refractivity contribution in [2.24, 2.45) is 0 Å². The lowest BCUT2D eigenvalue weighted by molar-refractivity contribution is -0.385. The molecule has 6 heteroatoms. The van der Waals surface area contributed by atoms with Gasteiger partial charge in [0.15, 0.2) is 0 Å². The van der Waals surface area contributed by atoms with Gasteiger partial charge in [-0.3, -0.25) is 15.4 Å². The zero-order valence-corrected chi connectivity index (χ0v) is 7.19. The molecule has 70 valence electrons. The summed E-state index contributed by atoms with van der Waals surface area (Å²) in [6.45, 7) is -0.166. The fourth-order valence-corrected chi connectivity index (χ4v) is 1.03. The van der Waals surface area contributed by atoms with E-state index in [9.17, 15) is 10.1 Å². The fraction of sp³-hybridized carbons (Fsp3) is 0.143. The highest BCUT2D eigenvalue weighted by molar-refractivity contribution is 6.31. The Morgan fingerprint density at radius 2 is 2.31 bits per heavy atom. The number of hydrogen-bond acceptors (Lipinski definition) is 4. The average Bonchev–Trinajstić information content (AvgIpc) is 2.08. The van der Waals surface area contributed by atoms with Crippen LogP contribution < -0.4 is 0 Å². The molecule has 1 aromatic rings. The van der Waals surface area contributed by atoms with E-state index in [0.29, 0.717) is 10.6 Å². The molecule has 0 aromatic heterocycles. The largest absolute Gasteiger partial charge is 0.269 e. The topological polar surface area (TPSA) is 72.6 Å². The molecule has 0 radical (unpaired) electrons. The van der Waals surface area contributed by atoms with E-state index in [1.165, 1.54) is 18.2 Å². The summed E-state index contributed by atoms with van der Waals surface area (Å²) in [6, 6.07) is 3.91. The third kappa shape index (κ3) is 2.38. The summed E-state index contributed by atoms with van der Waals surface area (Å²) >= 11 is 5.67. The number of nitro groups is 1. The standard InChI is InChI=1S/C7H6ClNO4/c8-7-2-1-6(9(10)11)3-5(7)4-13-12/h1-3,12H,4H2. The molecule has 0 aliphatic rings. The van der Waals surface area contributed by atoms with E-state index in [0.717, 1.165) is 0 Å². The predicted molar refractivity (Wildman–Crippen MR) is 45.5 cm³/mol. The van der Waals surface area contributed by atoms with Crippen molar-refractivity contribution in [3.05, 3.63) is 38.9 Å². The number of benzene rings is 1. The maximum Gasteiger partial charge on any atom is 0.269 e. The second kappa shape index (κ2) is 4.18. The first kappa shape index (κ1) is 9.91. The monoisotopic (exact) mass is 203 g/mol. The van der Waals surface area contributed by atoms with Crippen LogP contribution in [0.5, 0.6) is 0 Å². The number of rotatable bonds is 3. The van der Waals surface area contributed by atoms with E-state index < -0.39 is 4.92 Å². The van der Waals surface area contributed by atoms with Gasteiger partial charge >= 0.3 is 0 Å². The minimum Gasteiger partial charge on any atom is -0.258 e. The second-order valence-electron chi connectivity index (χ2n) is 2.31. The van der Waals surface area contributed by atoms with Gasteiger partial charge in [0.25, 0.3) is 5.69 Å². The van der Waals surface area contributed by atoms with Crippen LogP contribution in [-0.4, -0.2) is 10.2 Å². The molecule has 1 N–H and O–H groups in total. The fourth-order valence-electron chi connectivity index (χ4n) is 0.855. The van der Waals surface area contributed by atoms with E-state index in [4.69, 9.17) is 16.9 Å². The Labute approximate surface area is 78.6 Å². The van der Waals surface area contributed by atoms with Crippen molar-refractivity contribution in [3.8, 4) is 0 Å². The van der Waals surface area contributed by atoms with Crippen LogP contribution in [0.3, 0.4) is 0 Å². The van der Waals surface area contributed by atoms with Crippen LogP contribution in [0.2, 0.25) is 5.02 Å². The van der Waals surface area contributed by atoms with E-state index in [1.54, 1.807) is 0 Å². The molecular weight excluding hydrogens is 198 g/mol. The van der Waals surface area contributed by atoms with Crippen molar-refractivity contribution in [2.45, 2.75) is 6.61 Å². The van der Waals surface area contributed by atoms with Crippen molar-refractivity contribution >= 4 is 17.3 Å². The van der Waals surface area contributed by atoms with Crippen molar-refractivity contribution in [1.82, 2.24) is 0 Å². The SMILES string of the molecule is O=[N+]([O-])c1ccc(Cl)c(COO)c1. The summed E-state index contributed by atoms with van der Waals surface area (Å²) in [5.74, 6) is 0. The van der Waals surface area contributed by atoms with Crippen molar-refractivity contribution in [1.29, 1.82) is 0 Å². The van der Waals surface area contributed by atoms with Crippen LogP contribution in [0.4, 0.5) is 5.69 Å². The van der Waals surface area contributed by atoms with E-state index in [2.05, 4.69) is 4.89 Å². The van der Waals surface area contributed by atoms with Gasteiger partial charge in [0, 0.05) is 22.7 Å². The average molecular weight is 204 g/mol. The molecule has 0 spiro atoms. The van der Waals surface area contributed by atoms with E-state index in [-0.39, 0.29) is 12.3 Å². The molecular formula is C7H6ClNO4. The van der Waals surface area contributed by atoms with Crippen LogP contribution >= 0.6 is 11.6 Å². The van der Waals surface area contributed by atoms with Gasteiger partial charge < -0.3 is 0 Å². The molecule has 0 unspecified atom stereocenters. The third-order valence-corrected chi connectivity index (χ3v) is 1.83. The molecule has 0 heterocycles. The zero-order valence-electron chi connectivity index (χ0n) is 6.44. The van der Waals surface area contributed by atoms with Gasteiger partial charge in [-0.1, -0.05) is 11.6 Å². The Balaban J connectivity index is 3.03. The van der Waals surface area contributed by atoms with Gasteiger partial charge in [-0.05, 0) is 6.07 Å². The van der Waals surface area contributed by atoms with Crippen LogP contribution in [-0.2, 0) is 11.5 Å². The van der Waals surface area contributed by atoms with Gasteiger partial charge in [-0.15, -0.1) is 0 Å². The Hall–Kier alpha value is -1.17. The molecule has 1 aromatic carbocycles. The first-order valence-electron chi connectivity index (χ1n) is 3.34. The summed E-state index contributed by atoms with van der Waals surface area (Å²) in [4.78, 5) is 13.6. The molecule has 0 saturated carbocycles. The number of nitrogens with zero attached hydrogens (tertiary/aromatic N) is 1. The highest BCUT2D eigenvalue weighted by Crippen LogP contribution is 2.22. The molecule has 1 rings (SSSR count). The maximum atomic E-state index is 10.3. The molecule has 13 heavy (non-hydrogen) atoms. The van der Waals surface area contributed by atoms with Crippen LogP contribution in [0.15, 0.2) is 18.2 Å². The maximum absolute atomic E-state index is 10.3. The molecule has 5 nitrogen and oxygen atoms in total. The second-order valence-corrected chi connectivity index (χ2v) is 2.71. The summed E-state index contributed by atoms with van der Waals surface area (Å²) in [5.41, 5.74) is 0.287. The van der Waals surface area contributed by atoms with E-state index in [1.807, 2.05) is 0 Å². The number of non-ortho nitro benzene ring substituents is 1. The normalized spacial score (nSPS) is 10.0. The van der Waals surface area contributed by atoms with Gasteiger partial charge in [0.05, 0.1) is 4.92 Å². The molecule has 0 atom stereocenters. The van der Waals surface area contributed by atoms with Gasteiger partial charge in [-0.2, -0.15) is 0 Å². The van der Waals surface area contributed by atoms with Gasteiger partial charge in [0.1, 0.15) is 6.61 Å². The minimum atomic E-state index is -0.544. The lowest BCUT2D eigenvalue weighted by atomic mass is 10.2. The van der Waals surface area contributed by atoms with Crippen molar-refractivity contribution < 1.29 is 15.1 Å². The van der Waals surface area contributed by atoms with Crippen molar-refractivity contribution in [3.63, 3.8) is 0 Å². The Morgan fingerprint density at radius 3 is 2.85 bits per heavy atom. The van der Waals surface area contributed by atoms with Gasteiger partial charge in [0.2, 0.25) is 0 Å². The summed E-state index contributed by atoms with van der Waals surface area (Å²) < 4.78 is 0. The van der Waals surface area contributed by atoms with Crippen molar-refractivity contribution in [2.75, 3.05) is 0 Å². The quantitative estimate of drug-likeness (QED) is 0.465. The molecule has 0 aliphatic carbocycles. The zero-order chi connectivity index (χ0) is 9.84. The summed E-state index contributed by atoms with van der Waals surface area (Å²) in [6.07, 6.45) is 0. The first-order chi connectivity index (χ1) is 6.15. The number of halogens is 1. The Morgan fingerprint density at radius 1 is 1.62 bits per heavy atom. The molecule has 0 amide bonds. The highest BCUT2D eigenvalue weighted by Gasteiger charge is 2.09. The smallest absolute Gasteiger partial charge is 0.258 e. The molecule has 0 aliphatic heterocycles. The molecule has 0 fully saturated rings. The molecule has 0 saturated heterocycles. The van der Waals surface area contributed by atoms with E-state index >= 15 is 0 Å². The minimum absolute atomic E-state index is 0.0866. The first-order valence-corrected chi connectivity index (χ1v) is 3.72. The number of hydrogen-bond donors (Lipinski definition) is 1. The lowest BCUT2D eigenvalue weighted by Crippen LogP contribution is -1.93. The Kier molecular flexibility index (Phi) is 3.18. The highest BCUT2D eigenvalue weighted by atomic mass is 35.5. The summed E-state index contributed by atoms with van der Waals surface area (Å²) in [5, 5.41) is 18.8. The Bertz CT molecular complexity index is 328. The number of nitro benzene ring substituents is 1. The summed E-state index contributed by atoms with van der Waals surface area (Å²) in [7, 11) is 0. The third-order valence-electron chi connectivity index (χ3n) is 1.46.